The lowest BCUT2D eigenvalue weighted by molar-refractivity contribution is -0.119. The summed E-state index contributed by atoms with van der Waals surface area (Å²) in [6.45, 7) is 6.15. The Labute approximate surface area is 113 Å². The molecule has 0 aliphatic carbocycles. The average molecular weight is 263 g/mol. The molecule has 19 heavy (non-hydrogen) atoms. The number of amides is 1. The zero-order valence-electron chi connectivity index (χ0n) is 11.7. The van der Waals surface area contributed by atoms with E-state index < -0.39 is 0 Å². The number of hydrogen-bond donors (Lipinski definition) is 2. The molecule has 2 rings (SSSR count). The van der Waals surface area contributed by atoms with Crippen molar-refractivity contribution >= 4 is 17.5 Å². The molecule has 1 aromatic heterocycles. The van der Waals surface area contributed by atoms with Gasteiger partial charge in [0.2, 0.25) is 5.91 Å². The molecule has 0 spiro atoms. The third-order valence-corrected chi connectivity index (χ3v) is 3.24. The maximum absolute atomic E-state index is 11.7. The predicted octanol–water partition coefficient (Wildman–Crippen LogP) is 0.968. The number of nitrogens with one attached hydrogen (secondary N) is 2. The summed E-state index contributed by atoms with van der Waals surface area (Å²) in [7, 11) is 1.85. The number of nitrogens with zero attached hydrogens (tertiary/aromatic N) is 3. The van der Waals surface area contributed by atoms with E-state index >= 15 is 0 Å². The van der Waals surface area contributed by atoms with E-state index in [1.807, 2.05) is 11.9 Å². The molecule has 0 bridgehead atoms. The van der Waals surface area contributed by atoms with Gasteiger partial charge in [0, 0.05) is 25.7 Å². The molecule has 1 aliphatic heterocycles. The maximum Gasteiger partial charge on any atom is 0.239 e. The monoisotopic (exact) mass is 263 g/mol. The number of anilines is 2. The smallest absolute Gasteiger partial charge is 0.239 e. The molecule has 2 N–H and O–H groups in total. The number of aromatic nitrogens is 2. The minimum atomic E-state index is 0.0526. The Hall–Kier alpha value is -1.85. The van der Waals surface area contributed by atoms with Crippen LogP contribution in [0.15, 0.2) is 6.33 Å². The lowest BCUT2D eigenvalue weighted by Gasteiger charge is -2.25. The summed E-state index contributed by atoms with van der Waals surface area (Å²) in [5.41, 5.74) is 1.07. The molecule has 1 aromatic rings. The van der Waals surface area contributed by atoms with E-state index in [0.717, 1.165) is 36.7 Å². The Morgan fingerprint density at radius 1 is 1.42 bits per heavy atom. The number of carbonyl (C=O) groups is 1. The second-order valence-corrected chi connectivity index (χ2v) is 4.99. The van der Waals surface area contributed by atoms with Gasteiger partial charge < -0.3 is 15.5 Å². The molecule has 6 heteroatoms. The largest absolute Gasteiger partial charge is 0.373 e. The van der Waals surface area contributed by atoms with Crippen LogP contribution in [0.25, 0.3) is 0 Å². The van der Waals surface area contributed by atoms with Gasteiger partial charge in [0.05, 0.1) is 6.54 Å². The van der Waals surface area contributed by atoms with Crippen LogP contribution in [0.3, 0.4) is 0 Å². The fraction of sp³-hybridized carbons (Fsp3) is 0.615. The van der Waals surface area contributed by atoms with Crippen LogP contribution in [0.1, 0.15) is 31.7 Å². The number of hydrogen-bond acceptors (Lipinski definition) is 5. The summed E-state index contributed by atoms with van der Waals surface area (Å²) in [5, 5.41) is 5.99. The van der Waals surface area contributed by atoms with Gasteiger partial charge in [-0.2, -0.15) is 0 Å². The molecular weight excluding hydrogens is 242 g/mol. The number of rotatable bonds is 3. The number of carbonyl (C=O) groups excluding carboxylic acids is 1. The second-order valence-electron chi connectivity index (χ2n) is 4.99. The van der Waals surface area contributed by atoms with Gasteiger partial charge in [0.25, 0.3) is 0 Å². The molecule has 1 amide bonds. The van der Waals surface area contributed by atoms with Crippen LogP contribution < -0.4 is 15.5 Å². The zero-order valence-corrected chi connectivity index (χ0v) is 11.7. The van der Waals surface area contributed by atoms with Crippen molar-refractivity contribution in [1.29, 1.82) is 0 Å². The highest BCUT2D eigenvalue weighted by Crippen LogP contribution is 2.30. The fourth-order valence-electron chi connectivity index (χ4n) is 2.36. The highest BCUT2D eigenvalue weighted by molar-refractivity contribution is 5.82. The van der Waals surface area contributed by atoms with Gasteiger partial charge in [-0.25, -0.2) is 9.97 Å². The van der Waals surface area contributed by atoms with E-state index in [1.54, 1.807) is 6.33 Å². The van der Waals surface area contributed by atoms with Gasteiger partial charge >= 0.3 is 0 Å². The standard InChI is InChI=1S/C13H21N5O/c1-9(2)11-12(14-3)16-8-17-13(11)18-6-4-5-15-10(19)7-18/h8-9H,4-7H2,1-3H3,(H,15,19)(H,14,16,17). The molecule has 1 saturated heterocycles. The molecule has 6 nitrogen and oxygen atoms in total. The van der Waals surface area contributed by atoms with Crippen LogP contribution in [0.5, 0.6) is 0 Å². The van der Waals surface area contributed by atoms with Gasteiger partial charge in [-0.05, 0) is 12.3 Å². The first-order chi connectivity index (χ1) is 9.13. The van der Waals surface area contributed by atoms with E-state index in [2.05, 4.69) is 34.4 Å². The van der Waals surface area contributed by atoms with Gasteiger partial charge in [0.15, 0.2) is 0 Å². The van der Waals surface area contributed by atoms with Crippen LogP contribution >= 0.6 is 0 Å². The third-order valence-electron chi connectivity index (χ3n) is 3.24. The first-order valence-electron chi connectivity index (χ1n) is 6.67. The topological polar surface area (TPSA) is 70.2 Å². The van der Waals surface area contributed by atoms with Gasteiger partial charge in [-0.1, -0.05) is 13.8 Å². The first-order valence-corrected chi connectivity index (χ1v) is 6.67. The highest BCUT2D eigenvalue weighted by atomic mass is 16.2. The van der Waals surface area contributed by atoms with Crippen molar-refractivity contribution in [3.8, 4) is 0 Å². The summed E-state index contributed by atoms with van der Waals surface area (Å²) in [6.07, 6.45) is 2.48. The minimum absolute atomic E-state index is 0.0526. The van der Waals surface area contributed by atoms with E-state index in [4.69, 9.17) is 0 Å². The lowest BCUT2D eigenvalue weighted by Crippen LogP contribution is -2.34. The molecule has 0 aromatic carbocycles. The average Bonchev–Trinajstić information content (AvgIpc) is 2.62. The molecular formula is C13H21N5O. The normalized spacial score (nSPS) is 16.2. The molecule has 1 fully saturated rings. The maximum atomic E-state index is 11.7. The van der Waals surface area contributed by atoms with Gasteiger partial charge in [-0.15, -0.1) is 0 Å². The third kappa shape index (κ3) is 2.94. The molecule has 2 heterocycles. The van der Waals surface area contributed by atoms with Crippen molar-refractivity contribution in [2.75, 3.05) is 36.9 Å². The van der Waals surface area contributed by atoms with Crippen LogP contribution in [0.2, 0.25) is 0 Å². The van der Waals surface area contributed by atoms with Crippen LogP contribution in [-0.2, 0) is 4.79 Å². The minimum Gasteiger partial charge on any atom is -0.373 e. The van der Waals surface area contributed by atoms with Crippen molar-refractivity contribution < 1.29 is 4.79 Å². The van der Waals surface area contributed by atoms with Crippen LogP contribution in [0.4, 0.5) is 11.6 Å². The Kier molecular flexibility index (Phi) is 4.19. The van der Waals surface area contributed by atoms with Crippen molar-refractivity contribution in [2.45, 2.75) is 26.2 Å². The Bertz CT molecular complexity index is 460. The first kappa shape index (κ1) is 13.6. The van der Waals surface area contributed by atoms with Crippen LogP contribution in [-0.4, -0.2) is 42.6 Å². The Balaban J connectivity index is 2.39. The molecule has 0 saturated carbocycles. The zero-order chi connectivity index (χ0) is 13.8. The van der Waals surface area contributed by atoms with Crippen molar-refractivity contribution in [3.63, 3.8) is 0 Å². The molecule has 0 unspecified atom stereocenters. The van der Waals surface area contributed by atoms with Crippen molar-refractivity contribution in [2.24, 2.45) is 0 Å². The summed E-state index contributed by atoms with van der Waals surface area (Å²) in [5.74, 6) is 2.05. The summed E-state index contributed by atoms with van der Waals surface area (Å²) in [6, 6.07) is 0. The van der Waals surface area contributed by atoms with Crippen molar-refractivity contribution in [1.82, 2.24) is 15.3 Å². The lowest BCUT2D eigenvalue weighted by atomic mass is 10.0. The Morgan fingerprint density at radius 2 is 2.21 bits per heavy atom. The SMILES string of the molecule is CNc1ncnc(N2CCCNC(=O)C2)c1C(C)C. The fourth-order valence-corrected chi connectivity index (χ4v) is 2.36. The summed E-state index contributed by atoms with van der Waals surface area (Å²) >= 11 is 0. The molecule has 0 radical (unpaired) electrons. The second kappa shape index (κ2) is 5.86. The Morgan fingerprint density at radius 3 is 2.89 bits per heavy atom. The van der Waals surface area contributed by atoms with E-state index in [-0.39, 0.29) is 5.91 Å². The van der Waals surface area contributed by atoms with E-state index in [1.165, 1.54) is 0 Å². The molecule has 104 valence electrons. The quantitative estimate of drug-likeness (QED) is 0.850. The van der Waals surface area contributed by atoms with Gasteiger partial charge in [-0.3, -0.25) is 4.79 Å². The van der Waals surface area contributed by atoms with Gasteiger partial charge in [0.1, 0.15) is 18.0 Å². The van der Waals surface area contributed by atoms with E-state index in [0.29, 0.717) is 12.5 Å². The van der Waals surface area contributed by atoms with Crippen LogP contribution in [0, 0.1) is 0 Å². The molecule has 1 aliphatic rings. The predicted molar refractivity (Wildman–Crippen MR) is 75.5 cm³/mol. The molecule has 0 atom stereocenters. The summed E-state index contributed by atoms with van der Waals surface area (Å²) in [4.78, 5) is 22.4. The summed E-state index contributed by atoms with van der Waals surface area (Å²) < 4.78 is 0. The van der Waals surface area contributed by atoms with E-state index in [9.17, 15) is 4.79 Å². The van der Waals surface area contributed by atoms with Crippen molar-refractivity contribution in [3.05, 3.63) is 11.9 Å². The highest BCUT2D eigenvalue weighted by Gasteiger charge is 2.22.